The van der Waals surface area contributed by atoms with Gasteiger partial charge in [-0.05, 0) is 60.3 Å². The van der Waals surface area contributed by atoms with Gasteiger partial charge in [-0.1, -0.05) is 11.6 Å². The predicted molar refractivity (Wildman–Crippen MR) is 105 cm³/mol. The lowest BCUT2D eigenvalue weighted by Crippen LogP contribution is -2.17. The molecule has 1 fully saturated rings. The van der Waals surface area contributed by atoms with Crippen molar-refractivity contribution < 1.29 is 23.8 Å². The van der Waals surface area contributed by atoms with E-state index in [9.17, 15) is 9.59 Å². The highest BCUT2D eigenvalue weighted by Crippen LogP contribution is 2.30. The number of amides is 2. The minimum Gasteiger partial charge on any atom is -0.497 e. The highest BCUT2D eigenvalue weighted by Gasteiger charge is 2.25. The molecule has 8 heteroatoms. The molecule has 0 aliphatic carbocycles. The number of hydrogen-bond acceptors (Lipinski definition) is 6. The number of hydrogen-bond donors (Lipinski definition) is 1. The zero-order valence-corrected chi connectivity index (χ0v) is 15.9. The van der Waals surface area contributed by atoms with Crippen molar-refractivity contribution in [3.63, 3.8) is 0 Å². The number of carbonyl (C=O) groups is 2. The summed E-state index contributed by atoms with van der Waals surface area (Å²) in [7, 11) is 1.60. The second-order valence-electron chi connectivity index (χ2n) is 5.41. The topological polar surface area (TPSA) is 73.9 Å². The molecule has 2 amide bonds. The molecule has 1 saturated heterocycles. The standard InChI is InChI=1S/C19H16ClNO5S/c1-24-14-3-5-15(6-4-14)25-8-9-26-16-7-2-13(20)10-12(16)11-17-18(22)21-19(23)27-17/h2-7,10-11H,8-9H2,1H3,(H,21,22,23)/b17-11-. The molecule has 0 radical (unpaired) electrons. The largest absolute Gasteiger partial charge is 0.497 e. The van der Waals surface area contributed by atoms with Crippen LogP contribution in [-0.4, -0.2) is 31.5 Å². The van der Waals surface area contributed by atoms with Gasteiger partial charge < -0.3 is 14.2 Å². The average molecular weight is 406 g/mol. The highest BCUT2D eigenvalue weighted by atomic mass is 35.5. The van der Waals surface area contributed by atoms with E-state index < -0.39 is 11.1 Å². The minimum atomic E-state index is -0.432. The van der Waals surface area contributed by atoms with Crippen molar-refractivity contribution in [1.82, 2.24) is 5.32 Å². The average Bonchev–Trinajstić information content (AvgIpc) is 2.97. The molecular formula is C19H16ClNO5S. The van der Waals surface area contributed by atoms with Crippen LogP contribution in [0.5, 0.6) is 17.2 Å². The predicted octanol–water partition coefficient (Wildman–Crippen LogP) is 4.13. The molecular weight excluding hydrogens is 390 g/mol. The lowest BCUT2D eigenvalue weighted by Gasteiger charge is -2.11. The molecule has 0 atom stereocenters. The van der Waals surface area contributed by atoms with E-state index in [1.807, 2.05) is 24.3 Å². The molecule has 27 heavy (non-hydrogen) atoms. The van der Waals surface area contributed by atoms with Gasteiger partial charge >= 0.3 is 0 Å². The molecule has 0 spiro atoms. The van der Waals surface area contributed by atoms with Crippen LogP contribution in [0.15, 0.2) is 47.4 Å². The van der Waals surface area contributed by atoms with E-state index in [-0.39, 0.29) is 0 Å². The summed E-state index contributed by atoms with van der Waals surface area (Å²) in [5, 5.41) is 2.31. The summed E-state index contributed by atoms with van der Waals surface area (Å²) in [6.07, 6.45) is 1.58. The Morgan fingerprint density at radius 1 is 1.04 bits per heavy atom. The van der Waals surface area contributed by atoms with Crippen molar-refractivity contribution in [2.45, 2.75) is 0 Å². The van der Waals surface area contributed by atoms with Crippen molar-refractivity contribution in [1.29, 1.82) is 0 Å². The van der Waals surface area contributed by atoms with Crippen LogP contribution in [0.1, 0.15) is 5.56 Å². The van der Waals surface area contributed by atoms with Crippen LogP contribution in [0.3, 0.4) is 0 Å². The maximum absolute atomic E-state index is 11.7. The lowest BCUT2D eigenvalue weighted by atomic mass is 10.2. The molecule has 0 saturated carbocycles. The number of imide groups is 1. The van der Waals surface area contributed by atoms with Gasteiger partial charge in [0, 0.05) is 10.6 Å². The van der Waals surface area contributed by atoms with Crippen molar-refractivity contribution in [3.8, 4) is 17.2 Å². The lowest BCUT2D eigenvalue weighted by molar-refractivity contribution is -0.115. The van der Waals surface area contributed by atoms with Gasteiger partial charge in [0.15, 0.2) is 0 Å². The second-order valence-corrected chi connectivity index (χ2v) is 6.86. The Hall–Kier alpha value is -2.64. The van der Waals surface area contributed by atoms with Crippen LogP contribution >= 0.6 is 23.4 Å². The van der Waals surface area contributed by atoms with Crippen molar-refractivity contribution in [3.05, 3.63) is 58.0 Å². The summed E-state index contributed by atoms with van der Waals surface area (Å²) in [5.41, 5.74) is 0.610. The fraction of sp³-hybridized carbons (Fsp3) is 0.158. The van der Waals surface area contributed by atoms with Crippen molar-refractivity contribution in [2.24, 2.45) is 0 Å². The van der Waals surface area contributed by atoms with Gasteiger partial charge in [-0.2, -0.15) is 0 Å². The molecule has 1 heterocycles. The van der Waals surface area contributed by atoms with E-state index in [0.717, 1.165) is 17.5 Å². The maximum atomic E-state index is 11.7. The van der Waals surface area contributed by atoms with Gasteiger partial charge in [0.1, 0.15) is 30.5 Å². The van der Waals surface area contributed by atoms with Gasteiger partial charge in [0.25, 0.3) is 11.1 Å². The summed E-state index contributed by atoms with van der Waals surface area (Å²) in [6, 6.07) is 12.3. The molecule has 0 unspecified atom stereocenters. The van der Waals surface area contributed by atoms with E-state index in [1.54, 1.807) is 31.4 Å². The molecule has 0 bridgehead atoms. The minimum absolute atomic E-state index is 0.293. The van der Waals surface area contributed by atoms with Crippen molar-refractivity contribution >= 4 is 40.6 Å². The molecule has 0 aromatic heterocycles. The van der Waals surface area contributed by atoms with Crippen LogP contribution in [0.25, 0.3) is 6.08 Å². The van der Waals surface area contributed by atoms with Crippen LogP contribution in [0.4, 0.5) is 4.79 Å². The molecule has 3 rings (SSSR count). The number of nitrogens with one attached hydrogen (secondary N) is 1. The number of benzene rings is 2. The first-order valence-electron chi connectivity index (χ1n) is 7.99. The zero-order chi connectivity index (χ0) is 19.2. The zero-order valence-electron chi connectivity index (χ0n) is 14.4. The summed E-state index contributed by atoms with van der Waals surface area (Å²) in [4.78, 5) is 23.3. The van der Waals surface area contributed by atoms with E-state index >= 15 is 0 Å². The van der Waals surface area contributed by atoms with Crippen molar-refractivity contribution in [2.75, 3.05) is 20.3 Å². The van der Waals surface area contributed by atoms with E-state index in [1.165, 1.54) is 0 Å². The van der Waals surface area contributed by atoms with Gasteiger partial charge in [-0.15, -0.1) is 0 Å². The quantitative estimate of drug-likeness (QED) is 0.551. The number of methoxy groups -OCH3 is 1. The summed E-state index contributed by atoms with van der Waals surface area (Å²) < 4.78 is 16.5. The third-order valence-electron chi connectivity index (χ3n) is 3.57. The second kappa shape index (κ2) is 8.83. The third kappa shape index (κ3) is 5.18. The van der Waals surface area contributed by atoms with Crippen LogP contribution in [0, 0.1) is 0 Å². The molecule has 1 aliphatic rings. The fourth-order valence-corrected chi connectivity index (χ4v) is 3.16. The molecule has 140 valence electrons. The molecule has 6 nitrogen and oxygen atoms in total. The molecule has 1 N–H and O–H groups in total. The highest BCUT2D eigenvalue weighted by molar-refractivity contribution is 8.18. The first-order chi connectivity index (χ1) is 13.0. The first-order valence-corrected chi connectivity index (χ1v) is 9.18. The monoisotopic (exact) mass is 405 g/mol. The molecule has 1 aliphatic heterocycles. The van der Waals surface area contributed by atoms with Gasteiger partial charge in [-0.3, -0.25) is 14.9 Å². The smallest absolute Gasteiger partial charge is 0.290 e. The van der Waals surface area contributed by atoms with Gasteiger partial charge in [-0.25, -0.2) is 0 Å². The molecule has 2 aromatic rings. The van der Waals surface area contributed by atoms with Gasteiger partial charge in [0.2, 0.25) is 0 Å². The Labute approximate surface area is 165 Å². The summed E-state index contributed by atoms with van der Waals surface area (Å²) >= 11 is 6.88. The number of halogens is 1. The van der Waals surface area contributed by atoms with Gasteiger partial charge in [0.05, 0.1) is 12.0 Å². The van der Waals surface area contributed by atoms with E-state index in [4.69, 9.17) is 25.8 Å². The first kappa shape index (κ1) is 19.1. The SMILES string of the molecule is COc1ccc(OCCOc2ccc(Cl)cc2/C=C2\SC(=O)NC2=O)cc1. The summed E-state index contributed by atoms with van der Waals surface area (Å²) in [6.45, 7) is 0.626. The third-order valence-corrected chi connectivity index (χ3v) is 4.62. The van der Waals surface area contributed by atoms with Crippen LogP contribution in [-0.2, 0) is 4.79 Å². The Kier molecular flexibility index (Phi) is 6.26. The Balaban J connectivity index is 1.62. The Bertz CT molecular complexity index is 882. The van der Waals surface area contributed by atoms with E-state index in [0.29, 0.717) is 40.2 Å². The summed E-state index contributed by atoms with van der Waals surface area (Å²) in [5.74, 6) is 1.57. The normalized spacial score (nSPS) is 15.0. The maximum Gasteiger partial charge on any atom is 0.290 e. The Morgan fingerprint density at radius 3 is 2.41 bits per heavy atom. The molecule has 2 aromatic carbocycles. The van der Waals surface area contributed by atoms with E-state index in [2.05, 4.69) is 5.32 Å². The Morgan fingerprint density at radius 2 is 1.74 bits per heavy atom. The number of rotatable bonds is 7. The number of carbonyl (C=O) groups excluding carboxylic acids is 2. The van der Waals surface area contributed by atoms with Crippen LogP contribution in [0.2, 0.25) is 5.02 Å². The fourth-order valence-electron chi connectivity index (χ4n) is 2.31. The van der Waals surface area contributed by atoms with Crippen LogP contribution < -0.4 is 19.5 Å². The number of ether oxygens (including phenoxy) is 3. The number of thioether (sulfide) groups is 1.